The van der Waals surface area contributed by atoms with Crippen LogP contribution in [0.25, 0.3) is 0 Å². The monoisotopic (exact) mass is 311 g/mol. The third kappa shape index (κ3) is 2.60. The molecule has 0 radical (unpaired) electrons. The van der Waals surface area contributed by atoms with Crippen LogP contribution in [-0.2, 0) is 18.3 Å². The van der Waals surface area contributed by atoms with E-state index in [1.807, 2.05) is 42.5 Å². The van der Waals surface area contributed by atoms with Gasteiger partial charge in [0.2, 0.25) is 5.91 Å². The molecule has 1 aromatic carbocycles. The molecule has 1 amide bonds. The van der Waals surface area contributed by atoms with Crippen LogP contribution in [0.5, 0.6) is 5.75 Å². The molecule has 2 aliphatic rings. The fourth-order valence-electron chi connectivity index (χ4n) is 3.71. The molecule has 4 rings (SSSR count). The molecule has 5 nitrogen and oxygen atoms in total. The van der Waals surface area contributed by atoms with Crippen LogP contribution in [0.4, 0.5) is 0 Å². The van der Waals surface area contributed by atoms with Crippen LogP contribution in [0.1, 0.15) is 30.0 Å². The van der Waals surface area contributed by atoms with Gasteiger partial charge in [0.15, 0.2) is 0 Å². The molecule has 120 valence electrons. The van der Waals surface area contributed by atoms with Gasteiger partial charge in [-0.05, 0) is 30.9 Å². The van der Waals surface area contributed by atoms with Crippen molar-refractivity contribution < 1.29 is 9.53 Å². The highest BCUT2D eigenvalue weighted by Gasteiger charge is 2.36. The van der Waals surface area contributed by atoms with Gasteiger partial charge in [-0.3, -0.25) is 9.48 Å². The Balaban J connectivity index is 1.52. The van der Waals surface area contributed by atoms with Gasteiger partial charge < -0.3 is 9.64 Å². The molecule has 1 saturated heterocycles. The Hall–Kier alpha value is -2.30. The van der Waals surface area contributed by atoms with Crippen molar-refractivity contribution in [3.8, 4) is 5.75 Å². The molecule has 0 saturated carbocycles. The quantitative estimate of drug-likeness (QED) is 0.855. The summed E-state index contributed by atoms with van der Waals surface area (Å²) in [5.74, 6) is 1.05. The van der Waals surface area contributed by atoms with Crippen LogP contribution in [-0.4, -0.2) is 33.7 Å². The third-order valence-corrected chi connectivity index (χ3v) is 4.87. The molecule has 0 bridgehead atoms. The number of aryl methyl sites for hydroxylation is 1. The summed E-state index contributed by atoms with van der Waals surface area (Å²) in [5, 5.41) is 4.25. The van der Waals surface area contributed by atoms with Crippen molar-refractivity contribution in [1.82, 2.24) is 14.7 Å². The molecule has 2 atom stereocenters. The molecular formula is C18H21N3O2. The van der Waals surface area contributed by atoms with Crippen molar-refractivity contribution in [2.75, 3.05) is 13.2 Å². The first kappa shape index (κ1) is 14.3. The van der Waals surface area contributed by atoms with Crippen LogP contribution in [0.3, 0.4) is 0 Å². The fourth-order valence-corrected chi connectivity index (χ4v) is 3.71. The number of likely N-dealkylation sites (tertiary alicyclic amines) is 1. The number of amides is 1. The highest BCUT2D eigenvalue weighted by Crippen LogP contribution is 2.35. The molecule has 2 aliphatic heterocycles. The van der Waals surface area contributed by atoms with Crippen LogP contribution < -0.4 is 4.74 Å². The number of nitrogens with zero attached hydrogens (tertiary/aromatic N) is 3. The maximum absolute atomic E-state index is 13.0. The lowest BCUT2D eigenvalue weighted by atomic mass is 9.95. The van der Waals surface area contributed by atoms with Gasteiger partial charge in [0.25, 0.3) is 0 Å². The zero-order chi connectivity index (χ0) is 15.8. The molecule has 1 fully saturated rings. The van der Waals surface area contributed by atoms with Gasteiger partial charge in [0, 0.05) is 25.4 Å². The molecule has 1 aromatic heterocycles. The van der Waals surface area contributed by atoms with Crippen molar-refractivity contribution in [2.24, 2.45) is 13.0 Å². The SMILES string of the molecule is Cn1cc([C@@H]2CCCN2C(=O)[C@@H]2COc3ccccc3C2)cn1. The summed E-state index contributed by atoms with van der Waals surface area (Å²) in [6.07, 6.45) is 6.73. The highest BCUT2D eigenvalue weighted by molar-refractivity contribution is 5.80. The number of fused-ring (bicyclic) bond motifs is 1. The van der Waals surface area contributed by atoms with E-state index in [0.29, 0.717) is 6.61 Å². The maximum Gasteiger partial charge on any atom is 0.229 e. The average Bonchev–Trinajstić information content (AvgIpc) is 3.22. The van der Waals surface area contributed by atoms with Crippen LogP contribution in [0.15, 0.2) is 36.7 Å². The van der Waals surface area contributed by atoms with E-state index in [2.05, 4.69) is 11.2 Å². The predicted molar refractivity (Wildman–Crippen MR) is 86.0 cm³/mol. The number of para-hydroxylation sites is 1. The van der Waals surface area contributed by atoms with Crippen molar-refractivity contribution >= 4 is 5.91 Å². The molecule has 23 heavy (non-hydrogen) atoms. The Bertz CT molecular complexity index is 725. The van der Waals surface area contributed by atoms with Gasteiger partial charge in [-0.1, -0.05) is 18.2 Å². The largest absolute Gasteiger partial charge is 0.492 e. The number of carbonyl (C=O) groups is 1. The first-order valence-corrected chi connectivity index (χ1v) is 8.22. The second-order valence-electron chi connectivity index (χ2n) is 6.46. The first-order valence-electron chi connectivity index (χ1n) is 8.22. The second-order valence-corrected chi connectivity index (χ2v) is 6.46. The van der Waals surface area contributed by atoms with Crippen LogP contribution >= 0.6 is 0 Å². The molecule has 0 aliphatic carbocycles. The summed E-state index contributed by atoms with van der Waals surface area (Å²) < 4.78 is 7.60. The predicted octanol–water partition coefficient (Wildman–Crippen LogP) is 2.33. The minimum absolute atomic E-state index is 0.0813. The Labute approximate surface area is 135 Å². The Kier molecular flexibility index (Phi) is 3.56. The number of rotatable bonds is 2. The van der Waals surface area contributed by atoms with Crippen LogP contribution in [0.2, 0.25) is 0 Å². The molecule has 0 spiro atoms. The van der Waals surface area contributed by atoms with E-state index in [4.69, 9.17) is 4.74 Å². The minimum Gasteiger partial charge on any atom is -0.492 e. The molecule has 0 unspecified atom stereocenters. The zero-order valence-corrected chi connectivity index (χ0v) is 13.3. The molecule has 3 heterocycles. The number of hydrogen-bond donors (Lipinski definition) is 0. The van der Waals surface area contributed by atoms with E-state index >= 15 is 0 Å². The Morgan fingerprint density at radius 1 is 1.35 bits per heavy atom. The third-order valence-electron chi connectivity index (χ3n) is 4.87. The van der Waals surface area contributed by atoms with E-state index in [1.54, 1.807) is 4.68 Å². The number of aromatic nitrogens is 2. The van der Waals surface area contributed by atoms with Crippen LogP contribution in [0, 0.1) is 5.92 Å². The summed E-state index contributed by atoms with van der Waals surface area (Å²) in [6, 6.07) is 8.17. The second kappa shape index (κ2) is 5.72. The van der Waals surface area contributed by atoms with E-state index < -0.39 is 0 Å². The number of ether oxygens (including phenoxy) is 1. The summed E-state index contributed by atoms with van der Waals surface area (Å²) in [7, 11) is 1.91. The fraction of sp³-hybridized carbons (Fsp3) is 0.444. The summed E-state index contributed by atoms with van der Waals surface area (Å²) in [4.78, 5) is 15.0. The van der Waals surface area contributed by atoms with Crippen molar-refractivity contribution in [3.63, 3.8) is 0 Å². The van der Waals surface area contributed by atoms with Gasteiger partial charge in [-0.25, -0.2) is 0 Å². The minimum atomic E-state index is -0.0813. The van der Waals surface area contributed by atoms with Gasteiger partial charge in [-0.2, -0.15) is 5.10 Å². The van der Waals surface area contributed by atoms with Crippen molar-refractivity contribution in [1.29, 1.82) is 0 Å². The van der Waals surface area contributed by atoms with Crippen molar-refractivity contribution in [3.05, 3.63) is 47.8 Å². The van der Waals surface area contributed by atoms with Gasteiger partial charge >= 0.3 is 0 Å². The highest BCUT2D eigenvalue weighted by atomic mass is 16.5. The topological polar surface area (TPSA) is 47.4 Å². The lowest BCUT2D eigenvalue weighted by Crippen LogP contribution is -2.40. The average molecular weight is 311 g/mol. The standard InChI is InChI=1S/C18H21N3O2/c1-20-11-15(10-19-20)16-6-4-8-21(16)18(22)14-9-13-5-2-3-7-17(13)23-12-14/h2-3,5,7,10-11,14,16H,4,6,8-9,12H2,1H3/t14-,16-/m0/s1. The van der Waals surface area contributed by atoms with E-state index in [-0.39, 0.29) is 17.9 Å². The molecular weight excluding hydrogens is 290 g/mol. The van der Waals surface area contributed by atoms with Gasteiger partial charge in [0.1, 0.15) is 12.4 Å². The molecule has 5 heteroatoms. The normalized spacial score (nSPS) is 23.4. The maximum atomic E-state index is 13.0. The van der Waals surface area contributed by atoms with E-state index in [0.717, 1.165) is 42.7 Å². The van der Waals surface area contributed by atoms with E-state index in [1.165, 1.54) is 0 Å². The number of benzene rings is 1. The van der Waals surface area contributed by atoms with Gasteiger partial charge in [0.05, 0.1) is 18.2 Å². The molecule has 2 aromatic rings. The van der Waals surface area contributed by atoms with E-state index in [9.17, 15) is 4.79 Å². The zero-order valence-electron chi connectivity index (χ0n) is 13.3. The lowest BCUT2D eigenvalue weighted by Gasteiger charge is -2.31. The molecule has 0 N–H and O–H groups in total. The Morgan fingerprint density at radius 2 is 2.22 bits per heavy atom. The summed E-state index contributed by atoms with van der Waals surface area (Å²) in [6.45, 7) is 1.31. The number of carbonyl (C=O) groups excluding carboxylic acids is 1. The first-order chi connectivity index (χ1) is 11.2. The number of hydrogen-bond acceptors (Lipinski definition) is 3. The Morgan fingerprint density at radius 3 is 3.04 bits per heavy atom. The smallest absolute Gasteiger partial charge is 0.229 e. The summed E-state index contributed by atoms with van der Waals surface area (Å²) >= 11 is 0. The van der Waals surface area contributed by atoms with Gasteiger partial charge in [-0.15, -0.1) is 0 Å². The summed E-state index contributed by atoms with van der Waals surface area (Å²) in [5.41, 5.74) is 2.27. The van der Waals surface area contributed by atoms with Crippen molar-refractivity contribution in [2.45, 2.75) is 25.3 Å². The lowest BCUT2D eigenvalue weighted by molar-refractivity contribution is -0.137.